The number of halogens is 2. The molecule has 2 aromatic rings. The summed E-state index contributed by atoms with van der Waals surface area (Å²) in [5.41, 5.74) is 0.541. The molecule has 1 N–H and O–H groups in total. The highest BCUT2D eigenvalue weighted by molar-refractivity contribution is 6.31. The van der Waals surface area contributed by atoms with Crippen LogP contribution in [0.3, 0.4) is 0 Å². The third-order valence-corrected chi connectivity index (χ3v) is 3.66. The number of methoxy groups -OCH3 is 1. The molecular formula is C17H15ClFNO3. The highest BCUT2D eigenvalue weighted by atomic mass is 35.5. The van der Waals surface area contributed by atoms with E-state index in [0.717, 1.165) is 0 Å². The molecule has 23 heavy (non-hydrogen) atoms. The first-order valence-corrected chi connectivity index (χ1v) is 7.27. The van der Waals surface area contributed by atoms with Crippen LogP contribution in [0.5, 0.6) is 0 Å². The fourth-order valence-electron chi connectivity index (χ4n) is 2.10. The lowest BCUT2D eigenvalue weighted by atomic mass is 10.1. The van der Waals surface area contributed by atoms with Crippen molar-refractivity contribution in [2.24, 2.45) is 0 Å². The molecule has 0 saturated heterocycles. The first kappa shape index (κ1) is 17.0. The van der Waals surface area contributed by atoms with Crippen molar-refractivity contribution in [3.8, 4) is 0 Å². The van der Waals surface area contributed by atoms with E-state index in [4.69, 9.17) is 16.3 Å². The number of rotatable bonds is 5. The average Bonchev–Trinajstić information content (AvgIpc) is 2.55. The number of hydrogen-bond donors (Lipinski definition) is 1. The van der Waals surface area contributed by atoms with Gasteiger partial charge in [-0.2, -0.15) is 0 Å². The van der Waals surface area contributed by atoms with Gasteiger partial charge in [0.05, 0.1) is 12.7 Å². The van der Waals surface area contributed by atoms with Gasteiger partial charge in [-0.25, -0.2) is 9.18 Å². The summed E-state index contributed by atoms with van der Waals surface area (Å²) in [7, 11) is 1.22. The summed E-state index contributed by atoms with van der Waals surface area (Å²) >= 11 is 6.07. The van der Waals surface area contributed by atoms with Gasteiger partial charge in [-0.3, -0.25) is 4.79 Å². The van der Waals surface area contributed by atoms with Crippen LogP contribution >= 0.6 is 11.6 Å². The van der Waals surface area contributed by atoms with Crippen molar-refractivity contribution in [3.63, 3.8) is 0 Å². The van der Waals surface area contributed by atoms with E-state index in [1.165, 1.54) is 25.3 Å². The summed E-state index contributed by atoms with van der Waals surface area (Å²) in [5.74, 6) is -1.98. The molecule has 6 heteroatoms. The van der Waals surface area contributed by atoms with Crippen LogP contribution in [0, 0.1) is 5.82 Å². The molecule has 0 aliphatic rings. The average molecular weight is 336 g/mol. The standard InChI is InChI=1S/C17H15ClFNO3/c1-23-17(22)15(10-11-6-2-4-8-13(11)18)20-16(21)12-7-3-5-9-14(12)19/h2-9,15H,10H2,1H3,(H,20,21)/t15-/m0/s1. The molecule has 2 aromatic carbocycles. The maximum Gasteiger partial charge on any atom is 0.328 e. The number of hydrogen-bond acceptors (Lipinski definition) is 3. The minimum absolute atomic E-state index is 0.138. The van der Waals surface area contributed by atoms with Gasteiger partial charge in [0.15, 0.2) is 0 Å². The summed E-state index contributed by atoms with van der Waals surface area (Å²) in [5, 5.41) is 2.96. The number of carbonyl (C=O) groups is 2. The van der Waals surface area contributed by atoms with E-state index >= 15 is 0 Å². The molecule has 4 nitrogen and oxygen atoms in total. The molecule has 0 fully saturated rings. The van der Waals surface area contributed by atoms with Gasteiger partial charge in [-0.05, 0) is 23.8 Å². The quantitative estimate of drug-likeness (QED) is 0.855. The lowest BCUT2D eigenvalue weighted by Crippen LogP contribution is -2.43. The number of esters is 1. The van der Waals surface area contributed by atoms with E-state index < -0.39 is 23.7 Å². The van der Waals surface area contributed by atoms with Crippen LogP contribution in [0.25, 0.3) is 0 Å². The van der Waals surface area contributed by atoms with Crippen molar-refractivity contribution < 1.29 is 18.7 Å². The van der Waals surface area contributed by atoms with Crippen LogP contribution in [-0.4, -0.2) is 25.0 Å². The zero-order chi connectivity index (χ0) is 16.8. The third-order valence-electron chi connectivity index (χ3n) is 3.29. The highest BCUT2D eigenvalue weighted by Crippen LogP contribution is 2.17. The van der Waals surface area contributed by atoms with Crippen molar-refractivity contribution in [1.29, 1.82) is 0 Å². The first-order chi connectivity index (χ1) is 11.0. The van der Waals surface area contributed by atoms with Crippen molar-refractivity contribution >= 4 is 23.5 Å². The topological polar surface area (TPSA) is 55.4 Å². The first-order valence-electron chi connectivity index (χ1n) is 6.89. The molecular weight excluding hydrogens is 321 g/mol. The van der Waals surface area contributed by atoms with Crippen molar-refractivity contribution in [2.45, 2.75) is 12.5 Å². The molecule has 0 heterocycles. The van der Waals surface area contributed by atoms with Crippen LogP contribution in [0.15, 0.2) is 48.5 Å². The lowest BCUT2D eigenvalue weighted by Gasteiger charge is -2.17. The second kappa shape index (κ2) is 7.74. The Morgan fingerprint density at radius 3 is 2.48 bits per heavy atom. The van der Waals surface area contributed by atoms with E-state index in [9.17, 15) is 14.0 Å². The highest BCUT2D eigenvalue weighted by Gasteiger charge is 2.24. The summed E-state index contributed by atoms with van der Waals surface area (Å²) in [6.45, 7) is 0. The Morgan fingerprint density at radius 2 is 1.83 bits per heavy atom. The van der Waals surface area contributed by atoms with Gasteiger partial charge in [0.2, 0.25) is 0 Å². The smallest absolute Gasteiger partial charge is 0.328 e. The molecule has 0 aliphatic heterocycles. The SMILES string of the molecule is COC(=O)[C@H](Cc1ccccc1Cl)NC(=O)c1ccccc1F. The predicted molar refractivity (Wildman–Crippen MR) is 84.8 cm³/mol. The van der Waals surface area contributed by atoms with Gasteiger partial charge in [0.25, 0.3) is 5.91 Å². The largest absolute Gasteiger partial charge is 0.467 e. The molecule has 0 spiro atoms. The van der Waals surface area contributed by atoms with E-state index in [-0.39, 0.29) is 12.0 Å². The second-order valence-corrected chi connectivity index (χ2v) is 5.23. The van der Waals surface area contributed by atoms with Crippen LogP contribution in [0.4, 0.5) is 4.39 Å². The molecule has 2 rings (SSSR count). The van der Waals surface area contributed by atoms with Gasteiger partial charge in [0, 0.05) is 11.4 Å². The maximum absolute atomic E-state index is 13.7. The zero-order valence-electron chi connectivity index (χ0n) is 12.4. The molecule has 120 valence electrons. The molecule has 0 aliphatic carbocycles. The Kier molecular flexibility index (Phi) is 5.71. The number of nitrogens with one attached hydrogen (secondary N) is 1. The molecule has 0 bridgehead atoms. The van der Waals surface area contributed by atoms with Crippen LogP contribution in [0.2, 0.25) is 5.02 Å². The van der Waals surface area contributed by atoms with Gasteiger partial charge in [-0.15, -0.1) is 0 Å². The summed E-state index contributed by atoms with van der Waals surface area (Å²) in [6.07, 6.45) is 0.145. The number of benzene rings is 2. The van der Waals surface area contributed by atoms with Crippen LogP contribution < -0.4 is 5.32 Å². The summed E-state index contributed by atoms with van der Waals surface area (Å²) < 4.78 is 18.4. The predicted octanol–water partition coefficient (Wildman–Crippen LogP) is 2.99. The normalized spacial score (nSPS) is 11.6. The lowest BCUT2D eigenvalue weighted by molar-refractivity contribution is -0.142. The number of carbonyl (C=O) groups excluding carboxylic acids is 2. The molecule has 1 atom stereocenters. The van der Waals surface area contributed by atoms with Crippen LogP contribution in [0.1, 0.15) is 15.9 Å². The minimum atomic E-state index is -0.966. The Labute approximate surface area is 138 Å². The van der Waals surface area contributed by atoms with Gasteiger partial charge in [0.1, 0.15) is 11.9 Å². The van der Waals surface area contributed by atoms with Crippen LogP contribution in [-0.2, 0) is 16.0 Å². The van der Waals surface area contributed by atoms with Gasteiger partial charge < -0.3 is 10.1 Å². The van der Waals surface area contributed by atoms with E-state index in [2.05, 4.69) is 5.32 Å². The fraction of sp³-hybridized carbons (Fsp3) is 0.176. The van der Waals surface area contributed by atoms with Gasteiger partial charge in [-0.1, -0.05) is 41.9 Å². The van der Waals surface area contributed by atoms with E-state index in [0.29, 0.717) is 10.6 Å². The maximum atomic E-state index is 13.7. The molecule has 0 unspecified atom stereocenters. The molecule has 1 amide bonds. The number of amides is 1. The molecule has 0 saturated carbocycles. The minimum Gasteiger partial charge on any atom is -0.467 e. The molecule has 0 aromatic heterocycles. The number of ether oxygens (including phenoxy) is 1. The monoisotopic (exact) mass is 335 g/mol. The van der Waals surface area contributed by atoms with Crippen molar-refractivity contribution in [2.75, 3.05) is 7.11 Å². The van der Waals surface area contributed by atoms with E-state index in [1.54, 1.807) is 30.3 Å². The summed E-state index contributed by atoms with van der Waals surface area (Å²) in [6, 6.07) is 11.5. The van der Waals surface area contributed by atoms with Crippen molar-refractivity contribution in [1.82, 2.24) is 5.32 Å². The Morgan fingerprint density at radius 1 is 1.17 bits per heavy atom. The van der Waals surface area contributed by atoms with E-state index in [1.807, 2.05) is 0 Å². The zero-order valence-corrected chi connectivity index (χ0v) is 13.1. The Hall–Kier alpha value is -2.40. The Balaban J connectivity index is 2.20. The van der Waals surface area contributed by atoms with Crippen molar-refractivity contribution in [3.05, 3.63) is 70.5 Å². The molecule has 0 radical (unpaired) electrons. The third kappa shape index (κ3) is 4.29. The Bertz CT molecular complexity index is 720. The summed E-state index contributed by atoms with van der Waals surface area (Å²) in [4.78, 5) is 24.1. The second-order valence-electron chi connectivity index (χ2n) is 4.82. The van der Waals surface area contributed by atoms with Gasteiger partial charge >= 0.3 is 5.97 Å². The fourth-order valence-corrected chi connectivity index (χ4v) is 2.31.